The number of thioether (sulfide) groups is 1. The number of aliphatic hydroxyl groups is 1. The minimum Gasteiger partial charge on any atom is -0.396 e. The highest BCUT2D eigenvalue weighted by Gasteiger charge is 2.29. The molecular formula is C13H21NO3S3. The van der Waals surface area contributed by atoms with Gasteiger partial charge in [-0.3, -0.25) is 0 Å². The van der Waals surface area contributed by atoms with Crippen molar-refractivity contribution in [2.75, 3.05) is 12.9 Å². The number of hydrogen-bond donors (Lipinski definition) is 2. The van der Waals surface area contributed by atoms with Gasteiger partial charge in [0.25, 0.3) is 0 Å². The minimum atomic E-state index is -3.43. The standard InChI is InChI=1S/C13H21NO3S3/c1-18-12-5-3-2-4-11(12)14-20(16,17)13-7-6-10(19-13)8-9-15/h6-7,11-12,14-15H,2-5,8-9H2,1H3. The van der Waals surface area contributed by atoms with E-state index in [0.29, 0.717) is 15.9 Å². The first-order valence-corrected chi connectivity index (χ1v) is 10.4. The van der Waals surface area contributed by atoms with Crippen LogP contribution in [-0.4, -0.2) is 37.7 Å². The van der Waals surface area contributed by atoms with Crippen LogP contribution in [-0.2, 0) is 16.4 Å². The van der Waals surface area contributed by atoms with Gasteiger partial charge in [0, 0.05) is 29.2 Å². The van der Waals surface area contributed by atoms with Crippen LogP contribution in [0.5, 0.6) is 0 Å². The highest BCUT2D eigenvalue weighted by atomic mass is 32.2. The van der Waals surface area contributed by atoms with E-state index in [1.54, 1.807) is 23.9 Å². The lowest BCUT2D eigenvalue weighted by atomic mass is 9.96. The molecule has 7 heteroatoms. The van der Waals surface area contributed by atoms with E-state index in [2.05, 4.69) is 4.72 Å². The first-order chi connectivity index (χ1) is 9.56. The third-order valence-corrected chi connectivity index (χ3v) is 7.87. The number of sulfonamides is 1. The van der Waals surface area contributed by atoms with Gasteiger partial charge in [0.15, 0.2) is 0 Å². The summed E-state index contributed by atoms with van der Waals surface area (Å²) in [5.74, 6) is 0. The lowest BCUT2D eigenvalue weighted by Crippen LogP contribution is -2.43. The maximum absolute atomic E-state index is 12.4. The van der Waals surface area contributed by atoms with Crippen molar-refractivity contribution in [3.63, 3.8) is 0 Å². The normalized spacial score (nSPS) is 23.9. The summed E-state index contributed by atoms with van der Waals surface area (Å²) in [6.07, 6.45) is 6.82. The molecule has 1 aliphatic carbocycles. The average molecular weight is 336 g/mol. The lowest BCUT2D eigenvalue weighted by Gasteiger charge is -2.30. The van der Waals surface area contributed by atoms with Gasteiger partial charge in [0.1, 0.15) is 4.21 Å². The Morgan fingerprint density at radius 1 is 1.40 bits per heavy atom. The van der Waals surface area contributed by atoms with Crippen molar-refractivity contribution in [2.45, 2.75) is 47.6 Å². The maximum Gasteiger partial charge on any atom is 0.250 e. The predicted octanol–water partition coefficient (Wildman–Crippen LogP) is 2.24. The Kier molecular flexibility index (Phi) is 5.92. The highest BCUT2D eigenvalue weighted by molar-refractivity contribution is 7.99. The van der Waals surface area contributed by atoms with E-state index < -0.39 is 10.0 Å². The zero-order valence-electron chi connectivity index (χ0n) is 11.5. The molecule has 1 aromatic rings. The topological polar surface area (TPSA) is 66.4 Å². The molecule has 20 heavy (non-hydrogen) atoms. The van der Waals surface area contributed by atoms with Crippen LogP contribution in [0, 0.1) is 0 Å². The molecule has 2 atom stereocenters. The molecule has 0 aromatic carbocycles. The highest BCUT2D eigenvalue weighted by Crippen LogP contribution is 2.29. The van der Waals surface area contributed by atoms with Gasteiger partial charge < -0.3 is 5.11 Å². The monoisotopic (exact) mass is 335 g/mol. The summed E-state index contributed by atoms with van der Waals surface area (Å²) in [4.78, 5) is 0.901. The van der Waals surface area contributed by atoms with Gasteiger partial charge in [0.2, 0.25) is 10.0 Å². The number of thiophene rings is 1. The predicted molar refractivity (Wildman–Crippen MR) is 85.0 cm³/mol. The molecular weight excluding hydrogens is 314 g/mol. The second-order valence-corrected chi connectivity index (χ2v) is 9.17. The van der Waals surface area contributed by atoms with Crippen molar-refractivity contribution in [3.8, 4) is 0 Å². The van der Waals surface area contributed by atoms with Gasteiger partial charge in [-0.1, -0.05) is 12.8 Å². The van der Waals surface area contributed by atoms with Crippen LogP contribution in [0.3, 0.4) is 0 Å². The molecule has 0 saturated heterocycles. The minimum absolute atomic E-state index is 0.0344. The summed E-state index contributed by atoms with van der Waals surface area (Å²) in [5.41, 5.74) is 0. The Hall–Kier alpha value is -0.0800. The van der Waals surface area contributed by atoms with Gasteiger partial charge >= 0.3 is 0 Å². The molecule has 0 spiro atoms. The van der Waals surface area contributed by atoms with Crippen molar-refractivity contribution in [1.29, 1.82) is 0 Å². The van der Waals surface area contributed by atoms with E-state index in [-0.39, 0.29) is 12.6 Å². The molecule has 1 heterocycles. The number of hydrogen-bond acceptors (Lipinski definition) is 5. The fourth-order valence-corrected chi connectivity index (χ4v) is 6.21. The Morgan fingerprint density at radius 3 is 2.85 bits per heavy atom. The molecule has 114 valence electrons. The van der Waals surface area contributed by atoms with Crippen LogP contribution in [0.25, 0.3) is 0 Å². The third kappa shape index (κ3) is 3.98. The van der Waals surface area contributed by atoms with Gasteiger partial charge in [0.05, 0.1) is 0 Å². The smallest absolute Gasteiger partial charge is 0.250 e. The lowest BCUT2D eigenvalue weighted by molar-refractivity contribution is 0.300. The van der Waals surface area contributed by atoms with E-state index in [0.717, 1.165) is 24.1 Å². The fraction of sp³-hybridized carbons (Fsp3) is 0.692. The second kappa shape index (κ2) is 7.26. The quantitative estimate of drug-likeness (QED) is 0.837. The third-order valence-electron chi connectivity index (χ3n) is 3.57. The zero-order chi connectivity index (χ0) is 14.6. The molecule has 4 nitrogen and oxygen atoms in total. The summed E-state index contributed by atoms with van der Waals surface area (Å²) in [7, 11) is -3.43. The molecule has 2 N–H and O–H groups in total. The second-order valence-electron chi connectivity index (χ2n) is 4.98. The molecule has 1 aromatic heterocycles. The Bertz CT molecular complexity index is 527. The first kappa shape index (κ1) is 16.3. The first-order valence-electron chi connectivity index (χ1n) is 6.81. The van der Waals surface area contributed by atoms with E-state index in [9.17, 15) is 8.42 Å². The van der Waals surface area contributed by atoms with Gasteiger partial charge in [-0.2, -0.15) is 11.8 Å². The summed E-state index contributed by atoms with van der Waals surface area (Å²) < 4.78 is 28.0. The molecule has 0 bridgehead atoms. The zero-order valence-corrected chi connectivity index (χ0v) is 14.0. The summed E-state index contributed by atoms with van der Waals surface area (Å²) in [6, 6.07) is 3.45. The molecule has 1 saturated carbocycles. The SMILES string of the molecule is CSC1CCCCC1NS(=O)(=O)c1ccc(CCO)s1. The van der Waals surface area contributed by atoms with Crippen LogP contribution >= 0.6 is 23.1 Å². The van der Waals surface area contributed by atoms with E-state index >= 15 is 0 Å². The number of rotatable bonds is 6. The van der Waals surface area contributed by atoms with Crippen LogP contribution < -0.4 is 4.72 Å². The fourth-order valence-electron chi connectivity index (χ4n) is 2.52. The van der Waals surface area contributed by atoms with E-state index in [1.807, 2.05) is 6.26 Å². The van der Waals surface area contributed by atoms with Crippen LogP contribution in [0.15, 0.2) is 16.3 Å². The van der Waals surface area contributed by atoms with E-state index in [1.165, 1.54) is 17.8 Å². The summed E-state index contributed by atoms with van der Waals surface area (Å²) in [6.45, 7) is 0.0462. The Morgan fingerprint density at radius 2 is 2.15 bits per heavy atom. The maximum atomic E-state index is 12.4. The summed E-state index contributed by atoms with van der Waals surface area (Å²) >= 11 is 2.99. The molecule has 1 fully saturated rings. The van der Waals surface area contributed by atoms with Gasteiger partial charge in [-0.25, -0.2) is 13.1 Å². The molecule has 2 rings (SSSR count). The van der Waals surface area contributed by atoms with Crippen molar-refractivity contribution in [1.82, 2.24) is 4.72 Å². The van der Waals surface area contributed by atoms with Crippen molar-refractivity contribution in [2.24, 2.45) is 0 Å². The van der Waals surface area contributed by atoms with Gasteiger partial charge in [-0.05, 0) is 31.2 Å². The van der Waals surface area contributed by atoms with Crippen LogP contribution in [0.1, 0.15) is 30.6 Å². The number of aliphatic hydroxyl groups excluding tert-OH is 1. The largest absolute Gasteiger partial charge is 0.396 e. The molecule has 1 aliphatic rings. The molecule has 2 unspecified atom stereocenters. The van der Waals surface area contributed by atoms with Crippen molar-refractivity contribution in [3.05, 3.63) is 17.0 Å². The Labute approximate surface area is 129 Å². The van der Waals surface area contributed by atoms with Crippen LogP contribution in [0.2, 0.25) is 0 Å². The number of nitrogens with one attached hydrogen (secondary N) is 1. The molecule has 0 radical (unpaired) electrons. The van der Waals surface area contributed by atoms with Crippen molar-refractivity contribution >= 4 is 33.1 Å². The van der Waals surface area contributed by atoms with Gasteiger partial charge in [-0.15, -0.1) is 11.3 Å². The van der Waals surface area contributed by atoms with E-state index in [4.69, 9.17) is 5.11 Å². The molecule has 0 amide bonds. The molecule has 0 aliphatic heterocycles. The Balaban J connectivity index is 2.09. The van der Waals surface area contributed by atoms with Crippen molar-refractivity contribution < 1.29 is 13.5 Å². The summed E-state index contributed by atoms with van der Waals surface area (Å²) in [5, 5.41) is 9.27. The average Bonchev–Trinajstić information content (AvgIpc) is 2.89. The van der Waals surface area contributed by atoms with Crippen LogP contribution in [0.4, 0.5) is 0 Å².